The molecule has 0 radical (unpaired) electrons. The Bertz CT molecular complexity index is 469. The van der Waals surface area contributed by atoms with Crippen LogP contribution in [0.4, 0.5) is 10.1 Å². The standard InChI is InChI=1S/C16H23FN2O/c1-3-9-16(10-11-18-12-16)15(20)19(4-2)14-8-6-5-7-13(14)17/h5-8,18H,3-4,9-12H2,1-2H3. The lowest BCUT2D eigenvalue weighted by Crippen LogP contribution is -2.45. The highest BCUT2D eigenvalue weighted by Crippen LogP contribution is 2.35. The number of carbonyl (C=O) groups excluding carboxylic acids is 1. The number of halogens is 1. The Labute approximate surface area is 120 Å². The van der Waals surface area contributed by atoms with Gasteiger partial charge in [-0.05, 0) is 38.4 Å². The first-order valence-corrected chi connectivity index (χ1v) is 7.42. The van der Waals surface area contributed by atoms with Crippen LogP contribution in [0.1, 0.15) is 33.1 Å². The Morgan fingerprint density at radius 3 is 2.70 bits per heavy atom. The highest BCUT2D eigenvalue weighted by atomic mass is 19.1. The number of benzene rings is 1. The zero-order valence-electron chi connectivity index (χ0n) is 12.3. The molecule has 0 saturated carbocycles. The molecule has 1 aromatic rings. The van der Waals surface area contributed by atoms with Crippen molar-refractivity contribution < 1.29 is 9.18 Å². The van der Waals surface area contributed by atoms with Crippen molar-refractivity contribution in [2.24, 2.45) is 5.41 Å². The molecule has 1 aliphatic heterocycles. The molecule has 1 fully saturated rings. The van der Waals surface area contributed by atoms with Crippen molar-refractivity contribution in [3.8, 4) is 0 Å². The number of hydrogen-bond acceptors (Lipinski definition) is 2. The number of nitrogens with zero attached hydrogens (tertiary/aromatic N) is 1. The van der Waals surface area contributed by atoms with E-state index in [0.717, 1.165) is 25.8 Å². The first kappa shape index (κ1) is 15.0. The fourth-order valence-electron chi connectivity index (χ4n) is 3.11. The first-order chi connectivity index (χ1) is 9.64. The molecule has 20 heavy (non-hydrogen) atoms. The van der Waals surface area contributed by atoms with Gasteiger partial charge in [-0.2, -0.15) is 0 Å². The summed E-state index contributed by atoms with van der Waals surface area (Å²) in [6.07, 6.45) is 2.65. The van der Waals surface area contributed by atoms with Gasteiger partial charge >= 0.3 is 0 Å². The largest absolute Gasteiger partial charge is 0.316 e. The Morgan fingerprint density at radius 1 is 1.40 bits per heavy atom. The van der Waals surface area contributed by atoms with Gasteiger partial charge < -0.3 is 10.2 Å². The second kappa shape index (κ2) is 6.35. The van der Waals surface area contributed by atoms with E-state index in [1.807, 2.05) is 6.92 Å². The summed E-state index contributed by atoms with van der Waals surface area (Å²) in [5.41, 5.74) is 0.0231. The molecule has 2 rings (SSSR count). The third kappa shape index (κ3) is 2.70. The van der Waals surface area contributed by atoms with Crippen molar-refractivity contribution in [3.63, 3.8) is 0 Å². The van der Waals surface area contributed by atoms with E-state index in [9.17, 15) is 9.18 Å². The van der Waals surface area contributed by atoms with Crippen molar-refractivity contribution in [3.05, 3.63) is 30.1 Å². The quantitative estimate of drug-likeness (QED) is 0.898. The molecule has 1 heterocycles. The molecule has 1 aromatic carbocycles. The summed E-state index contributed by atoms with van der Waals surface area (Å²) in [6, 6.07) is 6.51. The molecule has 1 saturated heterocycles. The number of carbonyl (C=O) groups is 1. The van der Waals surface area contributed by atoms with Crippen LogP contribution < -0.4 is 10.2 Å². The molecule has 0 spiro atoms. The van der Waals surface area contributed by atoms with E-state index in [1.54, 1.807) is 23.1 Å². The van der Waals surface area contributed by atoms with E-state index >= 15 is 0 Å². The molecule has 0 bridgehead atoms. The van der Waals surface area contributed by atoms with Crippen LogP contribution in [0.15, 0.2) is 24.3 Å². The summed E-state index contributed by atoms with van der Waals surface area (Å²) in [6.45, 7) is 6.04. The summed E-state index contributed by atoms with van der Waals surface area (Å²) in [5, 5.41) is 3.28. The fraction of sp³-hybridized carbons (Fsp3) is 0.562. The Morgan fingerprint density at radius 2 is 2.15 bits per heavy atom. The lowest BCUT2D eigenvalue weighted by molar-refractivity contribution is -0.127. The summed E-state index contributed by atoms with van der Waals surface area (Å²) in [5.74, 6) is -0.280. The SMILES string of the molecule is CCCC1(C(=O)N(CC)c2ccccc2F)CCNC1. The van der Waals surface area contributed by atoms with Gasteiger partial charge in [0.25, 0.3) is 0 Å². The van der Waals surface area contributed by atoms with Crippen molar-refractivity contribution in [2.45, 2.75) is 33.1 Å². The zero-order valence-corrected chi connectivity index (χ0v) is 12.3. The highest BCUT2D eigenvalue weighted by Gasteiger charge is 2.43. The minimum absolute atomic E-state index is 0.0527. The second-order valence-electron chi connectivity index (χ2n) is 5.46. The van der Waals surface area contributed by atoms with Crippen molar-refractivity contribution >= 4 is 11.6 Å². The van der Waals surface area contributed by atoms with Crippen molar-refractivity contribution in [2.75, 3.05) is 24.5 Å². The molecule has 1 amide bonds. The summed E-state index contributed by atoms with van der Waals surface area (Å²) in [4.78, 5) is 14.6. The zero-order chi connectivity index (χ0) is 14.6. The Hall–Kier alpha value is -1.42. The maximum atomic E-state index is 14.0. The minimum Gasteiger partial charge on any atom is -0.316 e. The molecule has 0 aliphatic carbocycles. The second-order valence-corrected chi connectivity index (χ2v) is 5.46. The van der Waals surface area contributed by atoms with Crippen LogP contribution in [-0.2, 0) is 4.79 Å². The molecule has 3 nitrogen and oxygen atoms in total. The highest BCUT2D eigenvalue weighted by molar-refractivity contribution is 5.98. The van der Waals surface area contributed by atoms with Gasteiger partial charge in [0, 0.05) is 13.1 Å². The Balaban J connectivity index is 2.31. The molecular weight excluding hydrogens is 255 g/mol. The normalized spacial score (nSPS) is 21.9. The molecule has 0 aromatic heterocycles. The third-order valence-electron chi connectivity index (χ3n) is 4.13. The lowest BCUT2D eigenvalue weighted by atomic mass is 9.81. The topological polar surface area (TPSA) is 32.3 Å². The lowest BCUT2D eigenvalue weighted by Gasteiger charge is -2.33. The van der Waals surface area contributed by atoms with Crippen molar-refractivity contribution in [1.82, 2.24) is 5.32 Å². The van der Waals surface area contributed by atoms with Gasteiger partial charge in [-0.3, -0.25) is 4.79 Å². The van der Waals surface area contributed by atoms with Gasteiger partial charge in [-0.1, -0.05) is 25.5 Å². The monoisotopic (exact) mass is 278 g/mol. The smallest absolute Gasteiger partial charge is 0.234 e. The number of hydrogen-bond donors (Lipinski definition) is 1. The molecule has 1 aliphatic rings. The van der Waals surface area contributed by atoms with E-state index in [2.05, 4.69) is 12.2 Å². The predicted octanol–water partition coefficient (Wildman–Crippen LogP) is 2.96. The van der Waals surface area contributed by atoms with Gasteiger partial charge in [0.15, 0.2) is 0 Å². The summed E-state index contributed by atoms with van der Waals surface area (Å²) < 4.78 is 14.0. The number of para-hydroxylation sites is 1. The van der Waals surface area contributed by atoms with Gasteiger partial charge in [0.1, 0.15) is 5.82 Å². The fourth-order valence-corrected chi connectivity index (χ4v) is 3.11. The van der Waals surface area contributed by atoms with Crippen LogP contribution in [0.2, 0.25) is 0 Å². The number of rotatable bonds is 5. The summed E-state index contributed by atoms with van der Waals surface area (Å²) in [7, 11) is 0. The van der Waals surface area contributed by atoms with Gasteiger partial charge in [0.2, 0.25) is 5.91 Å². The molecule has 1 N–H and O–H groups in total. The number of nitrogens with one attached hydrogen (secondary N) is 1. The summed E-state index contributed by atoms with van der Waals surface area (Å²) >= 11 is 0. The number of amides is 1. The van der Waals surface area contributed by atoms with Crippen molar-refractivity contribution in [1.29, 1.82) is 0 Å². The van der Waals surface area contributed by atoms with E-state index in [4.69, 9.17) is 0 Å². The maximum Gasteiger partial charge on any atom is 0.234 e. The van der Waals surface area contributed by atoms with Gasteiger partial charge in [-0.25, -0.2) is 4.39 Å². The van der Waals surface area contributed by atoms with Crippen LogP contribution in [-0.4, -0.2) is 25.5 Å². The van der Waals surface area contributed by atoms with E-state index < -0.39 is 0 Å². The van der Waals surface area contributed by atoms with Crippen LogP contribution in [0.5, 0.6) is 0 Å². The van der Waals surface area contributed by atoms with Crippen LogP contribution in [0.3, 0.4) is 0 Å². The van der Waals surface area contributed by atoms with Gasteiger partial charge in [0.05, 0.1) is 11.1 Å². The van der Waals surface area contributed by atoms with Crippen LogP contribution in [0.25, 0.3) is 0 Å². The minimum atomic E-state index is -0.368. The maximum absolute atomic E-state index is 14.0. The van der Waals surface area contributed by atoms with E-state index in [1.165, 1.54) is 6.07 Å². The predicted molar refractivity (Wildman–Crippen MR) is 79.3 cm³/mol. The molecule has 110 valence electrons. The van der Waals surface area contributed by atoms with Crippen LogP contribution >= 0.6 is 0 Å². The van der Waals surface area contributed by atoms with Crippen LogP contribution in [0, 0.1) is 11.2 Å². The van der Waals surface area contributed by atoms with E-state index in [0.29, 0.717) is 18.8 Å². The molecular formula is C16H23FN2O. The first-order valence-electron chi connectivity index (χ1n) is 7.42. The molecule has 1 unspecified atom stereocenters. The average Bonchev–Trinajstić information content (AvgIpc) is 2.92. The van der Waals surface area contributed by atoms with E-state index in [-0.39, 0.29) is 17.1 Å². The molecule has 4 heteroatoms. The number of anilines is 1. The molecule has 1 atom stereocenters. The average molecular weight is 278 g/mol. The van der Waals surface area contributed by atoms with Gasteiger partial charge in [-0.15, -0.1) is 0 Å². The Kier molecular flexibility index (Phi) is 4.76. The third-order valence-corrected chi connectivity index (χ3v) is 4.13.